The Bertz CT molecular complexity index is 532. The molecule has 0 atom stereocenters. The van der Waals surface area contributed by atoms with Gasteiger partial charge in [-0.2, -0.15) is 0 Å². The number of nitrogen functional groups attached to an aromatic ring is 1. The molecule has 2 nitrogen and oxygen atoms in total. The minimum absolute atomic E-state index is 0.891. The number of fused-ring (bicyclic) bond motifs is 1. The topological polar surface area (TPSA) is 38.0 Å². The van der Waals surface area contributed by atoms with Crippen molar-refractivity contribution in [1.29, 1.82) is 0 Å². The van der Waals surface area contributed by atoms with E-state index >= 15 is 0 Å². The van der Waals surface area contributed by atoms with Gasteiger partial charge in [-0.15, -0.1) is 0 Å². The minimum Gasteiger partial charge on any atom is -0.398 e. The number of rotatable bonds is 1. The molecule has 0 aliphatic carbocycles. The van der Waals surface area contributed by atoms with Crippen LogP contribution in [-0.2, 0) is 13.0 Å². The molecule has 17 heavy (non-hydrogen) atoms. The van der Waals surface area contributed by atoms with Crippen molar-refractivity contribution < 1.29 is 0 Å². The summed E-state index contributed by atoms with van der Waals surface area (Å²) in [5.41, 5.74) is 12.3. The fourth-order valence-corrected chi connectivity index (χ4v) is 2.52. The van der Waals surface area contributed by atoms with Crippen LogP contribution in [0.2, 0.25) is 0 Å². The molecule has 0 radical (unpaired) electrons. The Morgan fingerprint density at radius 3 is 2.59 bits per heavy atom. The lowest BCUT2D eigenvalue weighted by molar-refractivity contribution is 0.646. The lowest BCUT2D eigenvalue weighted by Gasteiger charge is -2.22. The highest BCUT2D eigenvalue weighted by atomic mass is 14.9. The van der Waals surface area contributed by atoms with E-state index < -0.39 is 0 Å². The summed E-state index contributed by atoms with van der Waals surface area (Å²) >= 11 is 0. The van der Waals surface area contributed by atoms with E-state index in [9.17, 15) is 0 Å². The molecule has 0 spiro atoms. The van der Waals surface area contributed by atoms with Crippen molar-refractivity contribution in [3.63, 3.8) is 0 Å². The first kappa shape index (κ1) is 10.4. The molecule has 0 saturated carbocycles. The summed E-state index contributed by atoms with van der Waals surface area (Å²) in [6.45, 7) is 1.93. The van der Waals surface area contributed by atoms with Crippen molar-refractivity contribution in [2.45, 2.75) is 13.0 Å². The highest BCUT2D eigenvalue weighted by Gasteiger charge is 2.15. The van der Waals surface area contributed by atoms with E-state index in [-0.39, 0.29) is 0 Å². The van der Waals surface area contributed by atoms with Crippen LogP contribution in [-0.4, -0.2) is 6.54 Å². The Labute approximate surface area is 101 Å². The first-order valence-corrected chi connectivity index (χ1v) is 6.02. The van der Waals surface area contributed by atoms with Gasteiger partial charge in [0, 0.05) is 12.2 Å². The van der Waals surface area contributed by atoms with Gasteiger partial charge in [0.15, 0.2) is 0 Å². The molecule has 0 fully saturated rings. The zero-order valence-electron chi connectivity index (χ0n) is 9.74. The number of hydrogen-bond donors (Lipinski definition) is 2. The summed E-state index contributed by atoms with van der Waals surface area (Å²) in [5, 5.41) is 3.38. The van der Waals surface area contributed by atoms with Gasteiger partial charge in [0.1, 0.15) is 0 Å². The molecule has 1 heterocycles. The second-order valence-corrected chi connectivity index (χ2v) is 4.45. The van der Waals surface area contributed by atoms with E-state index in [0.717, 1.165) is 25.2 Å². The van der Waals surface area contributed by atoms with Gasteiger partial charge in [-0.25, -0.2) is 0 Å². The third-order valence-electron chi connectivity index (χ3n) is 3.41. The number of nitrogens with two attached hydrogens (primary N) is 1. The second kappa shape index (κ2) is 4.22. The molecule has 3 rings (SSSR count). The fourth-order valence-electron chi connectivity index (χ4n) is 2.52. The van der Waals surface area contributed by atoms with E-state index in [1.54, 1.807) is 0 Å². The first-order valence-electron chi connectivity index (χ1n) is 6.02. The third-order valence-corrected chi connectivity index (χ3v) is 3.41. The van der Waals surface area contributed by atoms with Gasteiger partial charge < -0.3 is 11.1 Å². The summed E-state index contributed by atoms with van der Waals surface area (Å²) in [7, 11) is 0. The summed E-state index contributed by atoms with van der Waals surface area (Å²) in [6.07, 6.45) is 1.06. The molecule has 2 heteroatoms. The number of hydrogen-bond acceptors (Lipinski definition) is 2. The van der Waals surface area contributed by atoms with Crippen LogP contribution in [0.3, 0.4) is 0 Å². The second-order valence-electron chi connectivity index (χ2n) is 4.45. The molecule has 2 aromatic rings. The third kappa shape index (κ3) is 1.81. The molecular formula is C15H16N2. The number of benzene rings is 2. The smallest absolute Gasteiger partial charge is 0.0362 e. The van der Waals surface area contributed by atoms with Crippen LogP contribution in [0, 0.1) is 0 Å². The van der Waals surface area contributed by atoms with Gasteiger partial charge in [-0.3, -0.25) is 0 Å². The Hall–Kier alpha value is -1.80. The van der Waals surface area contributed by atoms with E-state index in [4.69, 9.17) is 5.73 Å². The van der Waals surface area contributed by atoms with Crippen LogP contribution in [0.5, 0.6) is 0 Å². The Morgan fingerprint density at radius 1 is 0.941 bits per heavy atom. The maximum absolute atomic E-state index is 6.05. The number of anilines is 1. The van der Waals surface area contributed by atoms with E-state index in [1.165, 1.54) is 22.3 Å². The van der Waals surface area contributed by atoms with Gasteiger partial charge >= 0.3 is 0 Å². The maximum Gasteiger partial charge on any atom is 0.0362 e. The van der Waals surface area contributed by atoms with Crippen molar-refractivity contribution >= 4 is 5.69 Å². The largest absolute Gasteiger partial charge is 0.398 e. The monoisotopic (exact) mass is 224 g/mol. The van der Waals surface area contributed by atoms with Crippen molar-refractivity contribution in [3.05, 3.63) is 53.6 Å². The lowest BCUT2D eigenvalue weighted by Crippen LogP contribution is -2.25. The van der Waals surface area contributed by atoms with Crippen molar-refractivity contribution in [2.24, 2.45) is 0 Å². The van der Waals surface area contributed by atoms with Crippen LogP contribution in [0.25, 0.3) is 11.1 Å². The molecule has 2 aromatic carbocycles. The van der Waals surface area contributed by atoms with Crippen LogP contribution >= 0.6 is 0 Å². The van der Waals surface area contributed by atoms with Gasteiger partial charge in [-0.05, 0) is 41.3 Å². The summed E-state index contributed by atoms with van der Waals surface area (Å²) in [6, 6.07) is 14.7. The van der Waals surface area contributed by atoms with Gasteiger partial charge in [0.2, 0.25) is 0 Å². The molecule has 1 aliphatic heterocycles. The predicted octanol–water partition coefficient (Wildman–Crippen LogP) is 2.58. The van der Waals surface area contributed by atoms with Crippen molar-refractivity contribution in [2.75, 3.05) is 12.3 Å². The van der Waals surface area contributed by atoms with Crippen LogP contribution < -0.4 is 11.1 Å². The molecule has 0 aromatic heterocycles. The Balaban J connectivity index is 2.18. The highest BCUT2D eigenvalue weighted by Crippen LogP contribution is 2.31. The number of nitrogens with one attached hydrogen (secondary N) is 1. The van der Waals surface area contributed by atoms with Crippen LogP contribution in [0.1, 0.15) is 11.1 Å². The minimum atomic E-state index is 0.891. The van der Waals surface area contributed by atoms with Crippen LogP contribution in [0.15, 0.2) is 42.5 Å². The maximum atomic E-state index is 6.05. The average molecular weight is 224 g/mol. The van der Waals surface area contributed by atoms with Gasteiger partial charge in [0.25, 0.3) is 0 Å². The molecule has 1 aliphatic rings. The van der Waals surface area contributed by atoms with Crippen molar-refractivity contribution in [3.8, 4) is 11.1 Å². The van der Waals surface area contributed by atoms with E-state index in [0.29, 0.717) is 0 Å². The molecule has 0 bridgehead atoms. The van der Waals surface area contributed by atoms with E-state index in [2.05, 4.69) is 41.7 Å². The summed E-state index contributed by atoms with van der Waals surface area (Å²) in [5.74, 6) is 0. The Morgan fingerprint density at radius 2 is 1.76 bits per heavy atom. The predicted molar refractivity (Wildman–Crippen MR) is 71.7 cm³/mol. The van der Waals surface area contributed by atoms with E-state index in [1.807, 2.05) is 6.07 Å². The summed E-state index contributed by atoms with van der Waals surface area (Å²) < 4.78 is 0. The molecule has 0 amide bonds. The zero-order chi connectivity index (χ0) is 11.7. The zero-order valence-corrected chi connectivity index (χ0v) is 9.74. The molecule has 0 saturated heterocycles. The molecule has 86 valence electrons. The van der Waals surface area contributed by atoms with Crippen LogP contribution in [0.4, 0.5) is 5.69 Å². The van der Waals surface area contributed by atoms with Gasteiger partial charge in [0.05, 0.1) is 0 Å². The molecular weight excluding hydrogens is 208 g/mol. The fraction of sp³-hybridized carbons (Fsp3) is 0.200. The molecule has 0 unspecified atom stereocenters. The molecule has 3 N–H and O–H groups in total. The SMILES string of the molecule is Nc1ccc(-c2ccccc2)c2c1CNCC2. The van der Waals surface area contributed by atoms with Gasteiger partial charge in [-0.1, -0.05) is 36.4 Å². The average Bonchev–Trinajstić information content (AvgIpc) is 2.41. The standard InChI is InChI=1S/C15H16N2/c16-15-7-6-12(11-4-2-1-3-5-11)13-8-9-17-10-14(13)15/h1-7,17H,8-10,16H2. The first-order chi connectivity index (χ1) is 8.36. The normalized spacial score (nSPS) is 14.4. The lowest BCUT2D eigenvalue weighted by atomic mass is 9.90. The Kier molecular flexibility index (Phi) is 2.57. The summed E-state index contributed by atoms with van der Waals surface area (Å²) in [4.78, 5) is 0. The highest BCUT2D eigenvalue weighted by molar-refractivity contribution is 5.73. The van der Waals surface area contributed by atoms with Crippen molar-refractivity contribution in [1.82, 2.24) is 5.32 Å². The quantitative estimate of drug-likeness (QED) is 0.731.